The normalized spacial score (nSPS) is 14.9. The third-order valence-corrected chi connectivity index (χ3v) is 3.48. The van der Waals surface area contributed by atoms with E-state index in [0.29, 0.717) is 5.75 Å². The zero-order valence-electron chi connectivity index (χ0n) is 8.65. The van der Waals surface area contributed by atoms with Crippen LogP contribution >= 0.6 is 7.60 Å². The standard InChI is InChI=1S/C10H15O3P/c1-4-14(11,12)13-10-7-5-6-8(2)9(10)3/h5-7H,4H2,1-3H3,(H,11,12). The van der Waals surface area contributed by atoms with Gasteiger partial charge in [0.25, 0.3) is 0 Å². The second kappa shape index (κ2) is 4.16. The Balaban J connectivity index is 2.98. The predicted octanol–water partition coefficient (Wildman–Crippen LogP) is 2.89. The third-order valence-electron chi connectivity index (χ3n) is 2.20. The summed E-state index contributed by atoms with van der Waals surface area (Å²) in [7, 11) is -3.44. The lowest BCUT2D eigenvalue weighted by Gasteiger charge is -2.14. The fourth-order valence-electron chi connectivity index (χ4n) is 1.04. The van der Waals surface area contributed by atoms with Gasteiger partial charge in [0.1, 0.15) is 5.75 Å². The van der Waals surface area contributed by atoms with Crippen LogP contribution in [0.3, 0.4) is 0 Å². The summed E-state index contributed by atoms with van der Waals surface area (Å²) in [4.78, 5) is 9.33. The lowest BCUT2D eigenvalue weighted by Crippen LogP contribution is -1.96. The topological polar surface area (TPSA) is 46.5 Å². The summed E-state index contributed by atoms with van der Waals surface area (Å²) in [5, 5.41) is 0. The molecule has 0 radical (unpaired) electrons. The molecule has 1 aromatic rings. The van der Waals surface area contributed by atoms with Gasteiger partial charge in [0.2, 0.25) is 0 Å². The van der Waals surface area contributed by atoms with Crippen LogP contribution in [0.1, 0.15) is 18.1 Å². The molecule has 14 heavy (non-hydrogen) atoms. The number of hydrogen-bond acceptors (Lipinski definition) is 2. The highest BCUT2D eigenvalue weighted by molar-refractivity contribution is 7.53. The van der Waals surface area contributed by atoms with E-state index < -0.39 is 7.60 Å². The Labute approximate surface area is 84.3 Å². The minimum absolute atomic E-state index is 0.125. The zero-order chi connectivity index (χ0) is 10.8. The van der Waals surface area contributed by atoms with Gasteiger partial charge in [-0.2, -0.15) is 0 Å². The van der Waals surface area contributed by atoms with Gasteiger partial charge in [-0.25, -0.2) is 4.57 Å². The number of rotatable bonds is 3. The van der Waals surface area contributed by atoms with Crippen molar-refractivity contribution in [1.29, 1.82) is 0 Å². The molecule has 1 aromatic carbocycles. The van der Waals surface area contributed by atoms with Crippen molar-refractivity contribution in [3.8, 4) is 5.75 Å². The van der Waals surface area contributed by atoms with Crippen LogP contribution in [-0.2, 0) is 4.57 Å². The summed E-state index contributed by atoms with van der Waals surface area (Å²) < 4.78 is 16.4. The molecule has 4 heteroatoms. The average molecular weight is 214 g/mol. The minimum Gasteiger partial charge on any atom is -0.424 e. The molecule has 0 fully saturated rings. The molecule has 0 saturated heterocycles. The number of benzene rings is 1. The summed E-state index contributed by atoms with van der Waals surface area (Å²) >= 11 is 0. The molecule has 0 aliphatic heterocycles. The Morgan fingerprint density at radius 3 is 2.64 bits per heavy atom. The lowest BCUT2D eigenvalue weighted by atomic mass is 10.1. The first kappa shape index (κ1) is 11.3. The molecule has 1 atom stereocenters. The van der Waals surface area contributed by atoms with Crippen molar-refractivity contribution in [1.82, 2.24) is 0 Å². The molecule has 1 N–H and O–H groups in total. The monoisotopic (exact) mass is 214 g/mol. The van der Waals surface area contributed by atoms with Crippen LogP contribution in [0.15, 0.2) is 18.2 Å². The molecule has 0 amide bonds. The zero-order valence-corrected chi connectivity index (χ0v) is 9.54. The van der Waals surface area contributed by atoms with E-state index in [4.69, 9.17) is 4.52 Å². The molecule has 0 aliphatic carbocycles. The van der Waals surface area contributed by atoms with E-state index in [1.807, 2.05) is 26.0 Å². The Bertz CT molecular complexity index is 374. The first-order valence-corrected chi connectivity index (χ1v) is 6.30. The SMILES string of the molecule is CCP(=O)(O)Oc1cccc(C)c1C. The summed E-state index contributed by atoms with van der Waals surface area (Å²) in [6, 6.07) is 5.46. The highest BCUT2D eigenvalue weighted by Gasteiger charge is 2.18. The molecule has 3 nitrogen and oxygen atoms in total. The summed E-state index contributed by atoms with van der Waals surface area (Å²) in [5.41, 5.74) is 1.97. The fraction of sp³-hybridized carbons (Fsp3) is 0.400. The van der Waals surface area contributed by atoms with E-state index in [-0.39, 0.29) is 6.16 Å². The summed E-state index contributed by atoms with van der Waals surface area (Å²) in [6.07, 6.45) is 0.125. The summed E-state index contributed by atoms with van der Waals surface area (Å²) in [6.45, 7) is 5.45. The Hall–Kier alpha value is -0.790. The van der Waals surface area contributed by atoms with Gasteiger partial charge >= 0.3 is 7.60 Å². The second-order valence-corrected chi connectivity index (χ2v) is 5.33. The van der Waals surface area contributed by atoms with Crippen molar-refractivity contribution in [3.05, 3.63) is 29.3 Å². The van der Waals surface area contributed by atoms with Gasteiger partial charge in [-0.1, -0.05) is 19.1 Å². The molecule has 0 saturated carbocycles. The molecule has 1 rings (SSSR count). The first-order chi connectivity index (χ1) is 6.46. The average Bonchev–Trinajstić information content (AvgIpc) is 2.13. The smallest absolute Gasteiger partial charge is 0.376 e. The molecule has 78 valence electrons. The maximum atomic E-state index is 11.3. The van der Waals surface area contributed by atoms with Crippen molar-refractivity contribution in [3.63, 3.8) is 0 Å². The molecular formula is C10H15O3P. The lowest BCUT2D eigenvalue weighted by molar-refractivity contribution is 0.380. The molecule has 0 heterocycles. The van der Waals surface area contributed by atoms with Gasteiger partial charge in [0, 0.05) is 0 Å². The second-order valence-electron chi connectivity index (χ2n) is 3.24. The van der Waals surface area contributed by atoms with Crippen LogP contribution in [0.25, 0.3) is 0 Å². The largest absolute Gasteiger partial charge is 0.424 e. The maximum Gasteiger partial charge on any atom is 0.376 e. The highest BCUT2D eigenvalue weighted by atomic mass is 31.2. The van der Waals surface area contributed by atoms with E-state index in [2.05, 4.69) is 0 Å². The molecule has 0 spiro atoms. The van der Waals surface area contributed by atoms with Crippen LogP contribution in [-0.4, -0.2) is 11.1 Å². The first-order valence-electron chi connectivity index (χ1n) is 4.54. The molecule has 0 bridgehead atoms. The van der Waals surface area contributed by atoms with Crippen LogP contribution in [0.5, 0.6) is 5.75 Å². The third kappa shape index (κ3) is 2.60. The van der Waals surface area contributed by atoms with Gasteiger partial charge in [-0.15, -0.1) is 0 Å². The van der Waals surface area contributed by atoms with Gasteiger partial charge in [-0.05, 0) is 31.0 Å². The number of aryl methyl sites for hydroxylation is 1. The highest BCUT2D eigenvalue weighted by Crippen LogP contribution is 2.43. The Morgan fingerprint density at radius 1 is 1.43 bits per heavy atom. The van der Waals surface area contributed by atoms with Gasteiger partial charge < -0.3 is 9.42 Å². The Morgan fingerprint density at radius 2 is 2.07 bits per heavy atom. The van der Waals surface area contributed by atoms with Gasteiger partial charge in [-0.3, -0.25) is 0 Å². The number of hydrogen-bond donors (Lipinski definition) is 1. The minimum atomic E-state index is -3.44. The van der Waals surface area contributed by atoms with Crippen molar-refractivity contribution < 1.29 is 14.0 Å². The van der Waals surface area contributed by atoms with E-state index in [1.165, 1.54) is 0 Å². The van der Waals surface area contributed by atoms with Crippen LogP contribution in [0.4, 0.5) is 0 Å². The van der Waals surface area contributed by atoms with Crippen molar-refractivity contribution >= 4 is 7.60 Å². The van der Waals surface area contributed by atoms with Crippen LogP contribution < -0.4 is 4.52 Å². The molecule has 0 aromatic heterocycles. The predicted molar refractivity (Wildman–Crippen MR) is 56.9 cm³/mol. The van der Waals surface area contributed by atoms with Gasteiger partial charge in [0.05, 0.1) is 6.16 Å². The van der Waals surface area contributed by atoms with Crippen molar-refractivity contribution in [2.24, 2.45) is 0 Å². The quantitative estimate of drug-likeness (QED) is 0.787. The van der Waals surface area contributed by atoms with Crippen LogP contribution in [0.2, 0.25) is 0 Å². The van der Waals surface area contributed by atoms with Crippen molar-refractivity contribution in [2.45, 2.75) is 20.8 Å². The molecular weight excluding hydrogens is 199 g/mol. The molecule has 1 unspecified atom stereocenters. The Kier molecular flexibility index (Phi) is 3.35. The maximum absolute atomic E-state index is 11.3. The van der Waals surface area contributed by atoms with E-state index >= 15 is 0 Å². The van der Waals surface area contributed by atoms with E-state index in [0.717, 1.165) is 11.1 Å². The fourth-order valence-corrected chi connectivity index (χ4v) is 1.68. The van der Waals surface area contributed by atoms with Gasteiger partial charge in [0.15, 0.2) is 0 Å². The van der Waals surface area contributed by atoms with Crippen molar-refractivity contribution in [2.75, 3.05) is 6.16 Å². The molecule has 0 aliphatic rings. The van der Waals surface area contributed by atoms with Crippen LogP contribution in [0, 0.1) is 13.8 Å². The van der Waals surface area contributed by atoms with E-state index in [9.17, 15) is 9.46 Å². The summed E-state index contributed by atoms with van der Waals surface area (Å²) in [5.74, 6) is 0.498. The van der Waals surface area contributed by atoms with E-state index in [1.54, 1.807) is 13.0 Å².